The third kappa shape index (κ3) is 1.99. The van der Waals surface area contributed by atoms with E-state index in [-0.39, 0.29) is 6.10 Å². The van der Waals surface area contributed by atoms with Crippen LogP contribution in [0.15, 0.2) is 24.3 Å². The smallest absolute Gasteiger partial charge is 0.105 e. The maximum absolute atomic E-state index is 5.75. The Labute approximate surface area is 77.5 Å². The Morgan fingerprint density at radius 2 is 2.15 bits per heavy atom. The van der Waals surface area contributed by atoms with Gasteiger partial charge in [-0.15, -0.1) is 0 Å². The summed E-state index contributed by atoms with van der Waals surface area (Å²) < 4.78 is 10.5. The van der Waals surface area contributed by atoms with E-state index in [0.29, 0.717) is 19.8 Å². The van der Waals surface area contributed by atoms with Crippen molar-refractivity contribution in [3.05, 3.63) is 29.8 Å². The number of nitrogen functional groups attached to an aromatic ring is 1. The molecular formula is C10H13NO2. The first kappa shape index (κ1) is 8.53. The molecule has 0 saturated carbocycles. The number of rotatable bonds is 3. The van der Waals surface area contributed by atoms with Gasteiger partial charge in [-0.3, -0.25) is 0 Å². The fourth-order valence-corrected chi connectivity index (χ4v) is 1.18. The molecule has 1 aliphatic rings. The molecule has 0 radical (unpaired) electrons. The quantitative estimate of drug-likeness (QED) is 0.709. The zero-order valence-corrected chi connectivity index (χ0v) is 7.40. The summed E-state index contributed by atoms with van der Waals surface area (Å²) in [6.07, 6.45) is 0.264. The minimum absolute atomic E-state index is 0.264. The Morgan fingerprint density at radius 3 is 2.77 bits per heavy atom. The maximum Gasteiger partial charge on any atom is 0.105 e. The van der Waals surface area contributed by atoms with E-state index in [4.69, 9.17) is 15.2 Å². The van der Waals surface area contributed by atoms with Gasteiger partial charge in [-0.1, -0.05) is 18.2 Å². The summed E-state index contributed by atoms with van der Waals surface area (Å²) in [5.74, 6) is 0. The van der Waals surface area contributed by atoms with Crippen LogP contribution in [0.4, 0.5) is 5.69 Å². The lowest BCUT2D eigenvalue weighted by molar-refractivity contribution is -0.135. The van der Waals surface area contributed by atoms with Gasteiger partial charge in [0.25, 0.3) is 0 Å². The predicted octanol–water partition coefficient (Wildman–Crippen LogP) is 1.18. The number of anilines is 1. The van der Waals surface area contributed by atoms with Crippen LogP contribution >= 0.6 is 0 Å². The van der Waals surface area contributed by atoms with E-state index in [0.717, 1.165) is 11.3 Å². The van der Waals surface area contributed by atoms with E-state index in [9.17, 15) is 0 Å². The Bertz CT molecular complexity index is 284. The van der Waals surface area contributed by atoms with Crippen LogP contribution in [0.2, 0.25) is 0 Å². The fourth-order valence-electron chi connectivity index (χ4n) is 1.18. The van der Waals surface area contributed by atoms with E-state index in [2.05, 4.69) is 0 Å². The largest absolute Gasteiger partial charge is 0.398 e. The Hall–Kier alpha value is -1.06. The van der Waals surface area contributed by atoms with Crippen LogP contribution in [0.1, 0.15) is 5.56 Å². The molecule has 0 amide bonds. The van der Waals surface area contributed by atoms with Gasteiger partial charge in [0.15, 0.2) is 0 Å². The summed E-state index contributed by atoms with van der Waals surface area (Å²) in [5.41, 5.74) is 7.60. The number of benzene rings is 1. The lowest BCUT2D eigenvalue weighted by Gasteiger charge is -2.26. The van der Waals surface area contributed by atoms with Gasteiger partial charge in [0.05, 0.1) is 19.8 Å². The molecule has 1 aromatic carbocycles. The summed E-state index contributed by atoms with van der Waals surface area (Å²) in [5, 5.41) is 0. The summed E-state index contributed by atoms with van der Waals surface area (Å²) in [7, 11) is 0. The Kier molecular flexibility index (Phi) is 2.47. The summed E-state index contributed by atoms with van der Waals surface area (Å²) in [6, 6.07) is 7.75. The van der Waals surface area contributed by atoms with Gasteiger partial charge in [0.2, 0.25) is 0 Å². The number of para-hydroxylation sites is 1. The van der Waals surface area contributed by atoms with Gasteiger partial charge in [-0.2, -0.15) is 0 Å². The van der Waals surface area contributed by atoms with Crippen molar-refractivity contribution in [3.63, 3.8) is 0 Å². The van der Waals surface area contributed by atoms with Gasteiger partial charge in [0, 0.05) is 11.3 Å². The molecule has 0 atom stereocenters. The second kappa shape index (κ2) is 3.77. The van der Waals surface area contributed by atoms with E-state index in [1.54, 1.807) is 0 Å². The highest BCUT2D eigenvalue weighted by atomic mass is 16.6. The normalized spacial score (nSPS) is 16.9. The van der Waals surface area contributed by atoms with Gasteiger partial charge >= 0.3 is 0 Å². The molecule has 0 unspecified atom stereocenters. The van der Waals surface area contributed by atoms with Gasteiger partial charge in [0.1, 0.15) is 6.10 Å². The van der Waals surface area contributed by atoms with Crippen LogP contribution in [0.5, 0.6) is 0 Å². The topological polar surface area (TPSA) is 44.5 Å². The second-order valence-corrected chi connectivity index (χ2v) is 3.17. The molecule has 70 valence electrons. The number of hydrogen-bond donors (Lipinski definition) is 1. The molecule has 1 aliphatic heterocycles. The van der Waals surface area contributed by atoms with Crippen LogP contribution < -0.4 is 5.73 Å². The van der Waals surface area contributed by atoms with Crippen molar-refractivity contribution in [2.75, 3.05) is 18.9 Å². The standard InChI is InChI=1S/C10H13NO2/c11-10-4-2-1-3-8(10)5-13-9-6-12-7-9/h1-4,9H,5-7,11H2. The van der Waals surface area contributed by atoms with Crippen molar-refractivity contribution < 1.29 is 9.47 Å². The minimum Gasteiger partial charge on any atom is -0.398 e. The highest BCUT2D eigenvalue weighted by Gasteiger charge is 2.18. The lowest BCUT2D eigenvalue weighted by atomic mass is 10.2. The number of hydrogen-bond acceptors (Lipinski definition) is 3. The molecular weight excluding hydrogens is 166 g/mol. The molecule has 3 nitrogen and oxygen atoms in total. The average molecular weight is 179 g/mol. The fraction of sp³-hybridized carbons (Fsp3) is 0.400. The number of nitrogens with two attached hydrogens (primary N) is 1. The van der Waals surface area contributed by atoms with Crippen molar-refractivity contribution in [2.45, 2.75) is 12.7 Å². The first-order valence-corrected chi connectivity index (χ1v) is 4.39. The summed E-state index contributed by atoms with van der Waals surface area (Å²) in [6.45, 7) is 2.01. The van der Waals surface area contributed by atoms with Crippen molar-refractivity contribution in [1.29, 1.82) is 0 Å². The lowest BCUT2D eigenvalue weighted by Crippen LogP contribution is -2.35. The highest BCUT2D eigenvalue weighted by molar-refractivity contribution is 5.45. The molecule has 3 heteroatoms. The van der Waals surface area contributed by atoms with E-state index < -0.39 is 0 Å². The highest BCUT2D eigenvalue weighted by Crippen LogP contribution is 2.14. The third-order valence-electron chi connectivity index (χ3n) is 2.14. The van der Waals surface area contributed by atoms with Crippen molar-refractivity contribution in [2.24, 2.45) is 0 Å². The Morgan fingerprint density at radius 1 is 1.38 bits per heavy atom. The van der Waals surface area contributed by atoms with Gasteiger partial charge in [-0.25, -0.2) is 0 Å². The zero-order chi connectivity index (χ0) is 9.10. The molecule has 2 N–H and O–H groups in total. The molecule has 2 rings (SSSR count). The zero-order valence-electron chi connectivity index (χ0n) is 7.40. The van der Waals surface area contributed by atoms with Gasteiger partial charge in [-0.05, 0) is 6.07 Å². The van der Waals surface area contributed by atoms with Crippen LogP contribution in [0.3, 0.4) is 0 Å². The molecule has 1 heterocycles. The van der Waals surface area contributed by atoms with Crippen LogP contribution in [-0.4, -0.2) is 19.3 Å². The Balaban J connectivity index is 1.89. The SMILES string of the molecule is Nc1ccccc1COC1COC1. The van der Waals surface area contributed by atoms with E-state index in [1.807, 2.05) is 24.3 Å². The molecule has 0 aromatic heterocycles. The summed E-state index contributed by atoms with van der Waals surface area (Å²) in [4.78, 5) is 0. The summed E-state index contributed by atoms with van der Waals surface area (Å²) >= 11 is 0. The van der Waals surface area contributed by atoms with Crippen molar-refractivity contribution in [3.8, 4) is 0 Å². The maximum atomic E-state index is 5.75. The van der Waals surface area contributed by atoms with E-state index >= 15 is 0 Å². The average Bonchev–Trinajstić information content (AvgIpc) is 2.05. The minimum atomic E-state index is 0.264. The van der Waals surface area contributed by atoms with E-state index in [1.165, 1.54) is 0 Å². The van der Waals surface area contributed by atoms with Crippen molar-refractivity contribution >= 4 is 5.69 Å². The van der Waals surface area contributed by atoms with Gasteiger partial charge < -0.3 is 15.2 Å². The molecule has 0 aliphatic carbocycles. The molecule has 1 aromatic rings. The van der Waals surface area contributed by atoms with Crippen molar-refractivity contribution in [1.82, 2.24) is 0 Å². The first-order chi connectivity index (χ1) is 6.36. The second-order valence-electron chi connectivity index (χ2n) is 3.17. The molecule has 0 spiro atoms. The monoisotopic (exact) mass is 179 g/mol. The molecule has 13 heavy (non-hydrogen) atoms. The third-order valence-corrected chi connectivity index (χ3v) is 2.14. The first-order valence-electron chi connectivity index (χ1n) is 4.39. The van der Waals surface area contributed by atoms with Crippen LogP contribution in [-0.2, 0) is 16.1 Å². The molecule has 1 fully saturated rings. The molecule has 1 saturated heterocycles. The van der Waals surface area contributed by atoms with Crippen LogP contribution in [0.25, 0.3) is 0 Å². The molecule has 0 bridgehead atoms. The number of ether oxygens (including phenoxy) is 2. The predicted molar refractivity (Wildman–Crippen MR) is 50.3 cm³/mol. The van der Waals surface area contributed by atoms with Crippen LogP contribution in [0, 0.1) is 0 Å².